The van der Waals surface area contributed by atoms with Gasteiger partial charge in [-0.1, -0.05) is 12.2 Å². The number of fused-ring (bicyclic) bond motifs is 2. The molecule has 3 nitrogen and oxygen atoms in total. The third kappa shape index (κ3) is 1.27. The van der Waals surface area contributed by atoms with Gasteiger partial charge in [-0.3, -0.25) is 4.79 Å². The Labute approximate surface area is 77.9 Å². The summed E-state index contributed by atoms with van der Waals surface area (Å²) in [6, 6.07) is -0.0194. The minimum atomic E-state index is -0.119. The Kier molecular flexibility index (Phi) is 2.12. The van der Waals surface area contributed by atoms with Crippen LogP contribution in [0.2, 0.25) is 0 Å². The Morgan fingerprint density at radius 3 is 2.77 bits per heavy atom. The van der Waals surface area contributed by atoms with Crippen molar-refractivity contribution in [1.82, 2.24) is 0 Å². The van der Waals surface area contributed by atoms with Crippen molar-refractivity contribution in [2.24, 2.45) is 23.5 Å². The fourth-order valence-corrected chi connectivity index (χ4v) is 2.43. The van der Waals surface area contributed by atoms with Gasteiger partial charge in [0, 0.05) is 6.04 Å². The van der Waals surface area contributed by atoms with Gasteiger partial charge in [-0.05, 0) is 25.2 Å². The van der Waals surface area contributed by atoms with Crippen LogP contribution < -0.4 is 5.73 Å². The van der Waals surface area contributed by atoms with Crippen LogP contribution in [-0.2, 0) is 9.53 Å². The molecule has 3 heteroatoms. The van der Waals surface area contributed by atoms with E-state index in [-0.39, 0.29) is 17.9 Å². The average Bonchev–Trinajstić information content (AvgIpc) is 2.63. The molecule has 0 heterocycles. The Balaban J connectivity index is 2.08. The summed E-state index contributed by atoms with van der Waals surface area (Å²) < 4.78 is 5.00. The van der Waals surface area contributed by atoms with Crippen LogP contribution in [0.4, 0.5) is 0 Å². The molecule has 0 aliphatic heterocycles. The van der Waals surface area contributed by atoms with Crippen LogP contribution >= 0.6 is 0 Å². The highest BCUT2D eigenvalue weighted by atomic mass is 16.5. The summed E-state index contributed by atoms with van der Waals surface area (Å²) in [7, 11) is 0. The van der Waals surface area contributed by atoms with E-state index in [1.54, 1.807) is 0 Å². The van der Waals surface area contributed by atoms with Crippen molar-refractivity contribution in [3.05, 3.63) is 12.2 Å². The highest BCUT2D eigenvalue weighted by Crippen LogP contribution is 2.43. The average molecular weight is 181 g/mol. The molecule has 0 aromatic rings. The second-order valence-corrected chi connectivity index (χ2v) is 3.80. The summed E-state index contributed by atoms with van der Waals surface area (Å²) >= 11 is 0. The maximum atomic E-state index is 11.5. The van der Waals surface area contributed by atoms with Gasteiger partial charge in [0.2, 0.25) is 0 Å². The number of carbonyl (C=O) groups excluding carboxylic acids is 1. The van der Waals surface area contributed by atoms with E-state index in [0.29, 0.717) is 18.4 Å². The molecular weight excluding hydrogens is 166 g/mol. The summed E-state index contributed by atoms with van der Waals surface area (Å²) in [5.41, 5.74) is 5.94. The molecule has 2 bridgehead atoms. The van der Waals surface area contributed by atoms with Gasteiger partial charge in [-0.15, -0.1) is 0 Å². The smallest absolute Gasteiger partial charge is 0.311 e. The minimum absolute atomic E-state index is 0.0194. The second kappa shape index (κ2) is 3.14. The monoisotopic (exact) mass is 181 g/mol. The first-order valence-electron chi connectivity index (χ1n) is 4.84. The zero-order chi connectivity index (χ0) is 9.42. The maximum absolute atomic E-state index is 11.5. The SMILES string of the molecule is CCOC(=O)[C@H]1[C@H](N)[C@@H]2C=C[C@@H]1C2. The van der Waals surface area contributed by atoms with Crippen LogP contribution in [0.3, 0.4) is 0 Å². The van der Waals surface area contributed by atoms with Gasteiger partial charge in [0.25, 0.3) is 0 Å². The van der Waals surface area contributed by atoms with Crippen molar-refractivity contribution in [3.8, 4) is 0 Å². The van der Waals surface area contributed by atoms with Crippen molar-refractivity contribution in [2.45, 2.75) is 19.4 Å². The van der Waals surface area contributed by atoms with Crippen molar-refractivity contribution in [3.63, 3.8) is 0 Å². The van der Waals surface area contributed by atoms with Crippen LogP contribution in [0, 0.1) is 17.8 Å². The summed E-state index contributed by atoms with van der Waals surface area (Å²) in [6.45, 7) is 2.27. The van der Waals surface area contributed by atoms with Crippen LogP contribution in [0.15, 0.2) is 12.2 Å². The van der Waals surface area contributed by atoms with E-state index in [0.717, 1.165) is 6.42 Å². The molecule has 2 aliphatic rings. The highest BCUT2D eigenvalue weighted by molar-refractivity contribution is 5.75. The standard InChI is InChI=1S/C10H15NO2/c1-2-13-10(12)8-6-3-4-7(5-6)9(8)11/h3-4,6-9H,2,5,11H2,1H3/t6-,7-,8-,9-/m1/s1. The zero-order valence-electron chi connectivity index (χ0n) is 7.77. The first-order chi connectivity index (χ1) is 6.24. The van der Waals surface area contributed by atoms with Crippen LogP contribution in [0.25, 0.3) is 0 Å². The molecule has 0 saturated heterocycles. The van der Waals surface area contributed by atoms with E-state index < -0.39 is 0 Å². The van der Waals surface area contributed by atoms with Crippen molar-refractivity contribution in [2.75, 3.05) is 6.61 Å². The first-order valence-corrected chi connectivity index (χ1v) is 4.84. The number of esters is 1. The molecule has 0 unspecified atom stereocenters. The number of hydrogen-bond acceptors (Lipinski definition) is 3. The number of hydrogen-bond donors (Lipinski definition) is 1. The van der Waals surface area contributed by atoms with E-state index in [9.17, 15) is 4.79 Å². The predicted octanol–water partition coefficient (Wildman–Crippen LogP) is 0.699. The van der Waals surface area contributed by atoms with Gasteiger partial charge in [-0.2, -0.15) is 0 Å². The fraction of sp³-hybridized carbons (Fsp3) is 0.700. The molecular formula is C10H15NO2. The Morgan fingerprint density at radius 1 is 1.54 bits per heavy atom. The molecule has 2 aliphatic carbocycles. The minimum Gasteiger partial charge on any atom is -0.466 e. The summed E-state index contributed by atoms with van der Waals surface area (Å²) in [6.07, 6.45) is 5.27. The fourth-order valence-electron chi connectivity index (χ4n) is 2.43. The van der Waals surface area contributed by atoms with E-state index in [1.807, 2.05) is 6.92 Å². The number of nitrogens with two attached hydrogens (primary N) is 1. The number of allylic oxidation sites excluding steroid dienone is 1. The van der Waals surface area contributed by atoms with Gasteiger partial charge < -0.3 is 10.5 Å². The van der Waals surface area contributed by atoms with Crippen LogP contribution in [0.5, 0.6) is 0 Å². The van der Waals surface area contributed by atoms with Gasteiger partial charge >= 0.3 is 5.97 Å². The van der Waals surface area contributed by atoms with Gasteiger partial charge in [0.05, 0.1) is 12.5 Å². The molecule has 0 amide bonds. The summed E-state index contributed by atoms with van der Waals surface area (Å²) in [5.74, 6) is 0.528. The topological polar surface area (TPSA) is 52.3 Å². The molecule has 1 saturated carbocycles. The molecule has 72 valence electrons. The Morgan fingerprint density at radius 2 is 2.23 bits per heavy atom. The molecule has 0 aromatic carbocycles. The largest absolute Gasteiger partial charge is 0.466 e. The number of carbonyl (C=O) groups is 1. The molecule has 2 N–H and O–H groups in total. The summed E-state index contributed by atoms with van der Waals surface area (Å²) in [4.78, 5) is 11.5. The van der Waals surface area contributed by atoms with E-state index >= 15 is 0 Å². The molecule has 2 rings (SSSR count). The molecule has 0 spiro atoms. The van der Waals surface area contributed by atoms with Crippen molar-refractivity contribution < 1.29 is 9.53 Å². The predicted molar refractivity (Wildman–Crippen MR) is 48.8 cm³/mol. The van der Waals surface area contributed by atoms with Crippen molar-refractivity contribution in [1.29, 1.82) is 0 Å². The lowest BCUT2D eigenvalue weighted by Crippen LogP contribution is -2.39. The molecule has 1 fully saturated rings. The quantitative estimate of drug-likeness (QED) is 0.504. The van der Waals surface area contributed by atoms with Gasteiger partial charge in [0.15, 0.2) is 0 Å². The molecule has 13 heavy (non-hydrogen) atoms. The Bertz CT molecular complexity index is 249. The van der Waals surface area contributed by atoms with Gasteiger partial charge in [-0.25, -0.2) is 0 Å². The second-order valence-electron chi connectivity index (χ2n) is 3.80. The van der Waals surface area contributed by atoms with Crippen LogP contribution in [-0.4, -0.2) is 18.6 Å². The molecule has 0 aromatic heterocycles. The van der Waals surface area contributed by atoms with E-state index in [4.69, 9.17) is 10.5 Å². The van der Waals surface area contributed by atoms with E-state index in [2.05, 4.69) is 12.2 Å². The van der Waals surface area contributed by atoms with Crippen LogP contribution in [0.1, 0.15) is 13.3 Å². The summed E-state index contributed by atoms with van der Waals surface area (Å²) in [5, 5.41) is 0. The van der Waals surface area contributed by atoms with Gasteiger partial charge in [0.1, 0.15) is 0 Å². The molecule has 4 atom stereocenters. The number of ether oxygens (including phenoxy) is 1. The normalized spacial score (nSPS) is 41.1. The van der Waals surface area contributed by atoms with E-state index in [1.165, 1.54) is 0 Å². The third-order valence-electron chi connectivity index (χ3n) is 3.08. The Hall–Kier alpha value is -0.830. The highest BCUT2D eigenvalue weighted by Gasteiger charge is 2.46. The van der Waals surface area contributed by atoms with Crippen molar-refractivity contribution >= 4 is 5.97 Å². The first kappa shape index (κ1) is 8.75. The zero-order valence-corrected chi connectivity index (χ0v) is 7.77. The molecule has 0 radical (unpaired) electrons. The lowest BCUT2D eigenvalue weighted by atomic mass is 9.90. The lowest BCUT2D eigenvalue weighted by Gasteiger charge is -2.22. The third-order valence-corrected chi connectivity index (χ3v) is 3.08. The lowest BCUT2D eigenvalue weighted by molar-refractivity contribution is -0.149. The maximum Gasteiger partial charge on any atom is 0.311 e. The number of rotatable bonds is 2.